The van der Waals surface area contributed by atoms with Gasteiger partial charge in [-0.05, 0) is 30.3 Å². The van der Waals surface area contributed by atoms with E-state index in [2.05, 4.69) is 26.0 Å². The number of aromatic carboxylic acids is 1. The number of hydrogen-bond acceptors (Lipinski definition) is 3. The summed E-state index contributed by atoms with van der Waals surface area (Å²) in [7, 11) is 0. The first-order valence-electron chi connectivity index (χ1n) is 5.59. The summed E-state index contributed by atoms with van der Waals surface area (Å²) in [5.74, 6) is -0.523. The van der Waals surface area contributed by atoms with E-state index in [4.69, 9.17) is 16.7 Å². The highest BCUT2D eigenvalue weighted by Gasteiger charge is 2.10. The van der Waals surface area contributed by atoms with E-state index >= 15 is 0 Å². The molecule has 1 N–H and O–H groups in total. The Balaban J connectivity index is 2.15. The van der Waals surface area contributed by atoms with E-state index in [0.29, 0.717) is 16.5 Å². The van der Waals surface area contributed by atoms with Gasteiger partial charge in [0.1, 0.15) is 0 Å². The molecule has 3 rings (SSSR count). The second-order valence-electron chi connectivity index (χ2n) is 4.12. The number of nitrogens with zero attached hydrogens (tertiary/aromatic N) is 3. The number of halogens is 2. The maximum atomic E-state index is 10.9. The number of aromatic nitrogens is 3. The highest BCUT2D eigenvalue weighted by atomic mass is 79.9. The van der Waals surface area contributed by atoms with Crippen molar-refractivity contribution in [2.24, 2.45) is 0 Å². The van der Waals surface area contributed by atoms with Crippen LogP contribution >= 0.6 is 27.5 Å². The SMILES string of the molecule is O=C(O)c1ccc2nc(-c3cc(Cl)cc(Br)c3)nn2c1. The van der Waals surface area contributed by atoms with E-state index in [1.165, 1.54) is 16.8 Å². The van der Waals surface area contributed by atoms with Crippen molar-refractivity contribution in [3.05, 3.63) is 51.6 Å². The minimum absolute atomic E-state index is 0.154. The number of carbonyl (C=O) groups is 1. The van der Waals surface area contributed by atoms with Gasteiger partial charge in [-0.1, -0.05) is 27.5 Å². The molecule has 7 heteroatoms. The van der Waals surface area contributed by atoms with Gasteiger partial charge in [0.15, 0.2) is 11.5 Å². The van der Waals surface area contributed by atoms with E-state index in [0.717, 1.165) is 10.0 Å². The Bertz CT molecular complexity index is 811. The van der Waals surface area contributed by atoms with Crippen molar-refractivity contribution >= 4 is 39.1 Å². The molecule has 0 atom stereocenters. The van der Waals surface area contributed by atoms with Crippen molar-refractivity contribution in [1.82, 2.24) is 14.6 Å². The summed E-state index contributed by atoms with van der Waals surface area (Å²) in [4.78, 5) is 15.3. The minimum Gasteiger partial charge on any atom is -0.478 e. The molecule has 0 saturated carbocycles. The normalized spacial score (nSPS) is 10.9. The first-order chi connectivity index (χ1) is 9.52. The zero-order chi connectivity index (χ0) is 14.3. The van der Waals surface area contributed by atoms with Gasteiger partial charge in [-0.2, -0.15) is 0 Å². The number of pyridine rings is 1. The summed E-state index contributed by atoms with van der Waals surface area (Å²) >= 11 is 9.36. The molecule has 1 aromatic carbocycles. The number of hydrogen-bond donors (Lipinski definition) is 1. The topological polar surface area (TPSA) is 67.5 Å². The van der Waals surface area contributed by atoms with Crippen LogP contribution in [0.5, 0.6) is 0 Å². The van der Waals surface area contributed by atoms with Crippen LogP contribution in [-0.2, 0) is 0 Å². The Labute approximate surface area is 127 Å². The third-order valence-electron chi connectivity index (χ3n) is 2.70. The second-order valence-corrected chi connectivity index (χ2v) is 5.47. The van der Waals surface area contributed by atoms with Gasteiger partial charge in [-0.25, -0.2) is 14.3 Å². The summed E-state index contributed by atoms with van der Waals surface area (Å²) < 4.78 is 2.26. The predicted octanol–water partition coefficient (Wildman–Crippen LogP) is 3.51. The Morgan fingerprint density at radius 3 is 2.80 bits per heavy atom. The molecule has 0 radical (unpaired) electrons. The van der Waals surface area contributed by atoms with Crippen LogP contribution in [-0.4, -0.2) is 25.7 Å². The molecule has 0 fully saturated rings. The molecule has 0 aliphatic rings. The van der Waals surface area contributed by atoms with E-state index in [1.807, 2.05) is 6.07 Å². The van der Waals surface area contributed by atoms with Gasteiger partial charge >= 0.3 is 5.97 Å². The lowest BCUT2D eigenvalue weighted by atomic mass is 10.2. The Kier molecular flexibility index (Phi) is 3.19. The van der Waals surface area contributed by atoms with Gasteiger partial charge < -0.3 is 5.11 Å². The van der Waals surface area contributed by atoms with Crippen molar-refractivity contribution in [2.75, 3.05) is 0 Å². The van der Waals surface area contributed by atoms with Gasteiger partial charge in [0.25, 0.3) is 0 Å². The lowest BCUT2D eigenvalue weighted by molar-refractivity contribution is 0.0696. The van der Waals surface area contributed by atoms with Crippen molar-refractivity contribution in [3.8, 4) is 11.4 Å². The molecule has 2 aromatic heterocycles. The number of fused-ring (bicyclic) bond motifs is 1. The smallest absolute Gasteiger partial charge is 0.337 e. The highest BCUT2D eigenvalue weighted by Crippen LogP contribution is 2.25. The molecule has 5 nitrogen and oxygen atoms in total. The average molecular weight is 353 g/mol. The molecule has 0 spiro atoms. The van der Waals surface area contributed by atoms with Gasteiger partial charge in [0.05, 0.1) is 5.56 Å². The van der Waals surface area contributed by atoms with Crippen molar-refractivity contribution in [2.45, 2.75) is 0 Å². The van der Waals surface area contributed by atoms with Gasteiger partial charge in [-0.3, -0.25) is 0 Å². The summed E-state index contributed by atoms with van der Waals surface area (Å²) in [5.41, 5.74) is 1.48. The maximum Gasteiger partial charge on any atom is 0.337 e. The summed E-state index contributed by atoms with van der Waals surface area (Å²) in [6, 6.07) is 8.46. The minimum atomic E-state index is -1.01. The molecule has 2 heterocycles. The van der Waals surface area contributed by atoms with Crippen molar-refractivity contribution in [1.29, 1.82) is 0 Å². The molecule has 0 aliphatic carbocycles. The Hall–Kier alpha value is -1.92. The highest BCUT2D eigenvalue weighted by molar-refractivity contribution is 9.10. The molecule has 0 aliphatic heterocycles. The molecular formula is C13H7BrClN3O2. The van der Waals surface area contributed by atoms with E-state index < -0.39 is 5.97 Å². The van der Waals surface area contributed by atoms with Crippen LogP contribution in [0.2, 0.25) is 5.02 Å². The molecule has 20 heavy (non-hydrogen) atoms. The molecule has 3 aromatic rings. The average Bonchev–Trinajstić information content (AvgIpc) is 2.80. The maximum absolute atomic E-state index is 10.9. The summed E-state index contributed by atoms with van der Waals surface area (Å²) in [6.07, 6.45) is 1.42. The quantitative estimate of drug-likeness (QED) is 0.766. The molecule has 100 valence electrons. The van der Waals surface area contributed by atoms with E-state index in [-0.39, 0.29) is 5.56 Å². The fourth-order valence-electron chi connectivity index (χ4n) is 1.81. The summed E-state index contributed by atoms with van der Waals surface area (Å²) in [5, 5.41) is 13.8. The Morgan fingerprint density at radius 1 is 1.30 bits per heavy atom. The third-order valence-corrected chi connectivity index (χ3v) is 3.37. The number of carboxylic acid groups (broad SMARTS) is 1. The molecule has 0 amide bonds. The predicted molar refractivity (Wildman–Crippen MR) is 78.1 cm³/mol. The van der Waals surface area contributed by atoms with Crippen LogP contribution in [0.4, 0.5) is 0 Å². The fraction of sp³-hybridized carbons (Fsp3) is 0. The number of rotatable bonds is 2. The van der Waals surface area contributed by atoms with Crippen LogP contribution in [0.25, 0.3) is 17.0 Å². The van der Waals surface area contributed by atoms with Gasteiger partial charge in [-0.15, -0.1) is 5.10 Å². The van der Waals surface area contributed by atoms with Crippen LogP contribution in [0.1, 0.15) is 10.4 Å². The third kappa shape index (κ3) is 2.39. The molecule has 0 unspecified atom stereocenters. The van der Waals surface area contributed by atoms with Crippen LogP contribution < -0.4 is 0 Å². The summed E-state index contributed by atoms with van der Waals surface area (Å²) in [6.45, 7) is 0. The second kappa shape index (κ2) is 4.88. The van der Waals surface area contributed by atoms with E-state index in [9.17, 15) is 4.79 Å². The van der Waals surface area contributed by atoms with Crippen molar-refractivity contribution in [3.63, 3.8) is 0 Å². The van der Waals surface area contributed by atoms with Crippen LogP contribution in [0.15, 0.2) is 41.0 Å². The molecule has 0 bridgehead atoms. The van der Waals surface area contributed by atoms with Crippen molar-refractivity contribution < 1.29 is 9.90 Å². The largest absolute Gasteiger partial charge is 0.478 e. The number of carboxylic acids is 1. The van der Waals surface area contributed by atoms with Crippen LogP contribution in [0.3, 0.4) is 0 Å². The molecular weight excluding hydrogens is 346 g/mol. The van der Waals surface area contributed by atoms with Gasteiger partial charge in [0, 0.05) is 21.3 Å². The molecule has 0 saturated heterocycles. The Morgan fingerprint density at radius 2 is 2.10 bits per heavy atom. The first-order valence-corrected chi connectivity index (χ1v) is 6.76. The van der Waals surface area contributed by atoms with E-state index in [1.54, 1.807) is 18.2 Å². The van der Waals surface area contributed by atoms with Crippen LogP contribution in [0, 0.1) is 0 Å². The zero-order valence-corrected chi connectivity index (χ0v) is 12.3. The standard InChI is InChI=1S/C13H7BrClN3O2/c14-9-3-8(4-10(15)5-9)12-16-11-2-1-7(13(19)20)6-18(11)17-12/h1-6H,(H,19,20). The zero-order valence-electron chi connectivity index (χ0n) is 9.92. The lowest BCUT2D eigenvalue weighted by Crippen LogP contribution is -1.99. The first kappa shape index (κ1) is 13.1. The fourth-order valence-corrected chi connectivity index (χ4v) is 2.67. The monoisotopic (exact) mass is 351 g/mol. The number of benzene rings is 1. The van der Waals surface area contributed by atoms with Gasteiger partial charge in [0.2, 0.25) is 0 Å². The lowest BCUT2D eigenvalue weighted by Gasteiger charge is -1.97.